The van der Waals surface area contributed by atoms with Crippen LogP contribution in [0.5, 0.6) is 5.75 Å². The fraction of sp³-hybridized carbons (Fsp3) is 0.360. The molecule has 1 heterocycles. The van der Waals surface area contributed by atoms with E-state index in [4.69, 9.17) is 4.74 Å². The van der Waals surface area contributed by atoms with E-state index in [1.807, 2.05) is 11.3 Å². The second-order valence-corrected chi connectivity index (χ2v) is 8.66. The van der Waals surface area contributed by atoms with Crippen LogP contribution in [0.4, 0.5) is 0 Å². The smallest absolute Gasteiger partial charge is 0.119 e. The average molecular weight is 394 g/mol. The molecule has 0 aliphatic rings. The summed E-state index contributed by atoms with van der Waals surface area (Å²) in [6.07, 6.45) is 1.25. The molecule has 0 aliphatic carbocycles. The van der Waals surface area contributed by atoms with Crippen LogP contribution in [-0.2, 0) is 0 Å². The van der Waals surface area contributed by atoms with Crippen molar-refractivity contribution in [2.24, 2.45) is 0 Å². The molecule has 0 saturated heterocycles. The number of nitrogens with one attached hydrogen (secondary N) is 1. The first-order chi connectivity index (χ1) is 13.5. The van der Waals surface area contributed by atoms with Crippen LogP contribution in [0.1, 0.15) is 60.7 Å². The quantitative estimate of drug-likeness (QED) is 0.436. The van der Waals surface area contributed by atoms with E-state index in [1.165, 1.54) is 21.6 Å². The van der Waals surface area contributed by atoms with E-state index < -0.39 is 0 Å². The molecule has 0 amide bonds. The van der Waals surface area contributed by atoms with Gasteiger partial charge in [0.05, 0.1) is 6.10 Å². The predicted molar refractivity (Wildman–Crippen MR) is 121 cm³/mol. The third kappa shape index (κ3) is 5.70. The first-order valence-corrected chi connectivity index (χ1v) is 11.0. The minimum atomic E-state index is 0.196. The molecular weight excluding hydrogens is 362 g/mol. The van der Waals surface area contributed by atoms with Crippen LogP contribution in [0, 0.1) is 6.92 Å². The van der Waals surface area contributed by atoms with Crippen molar-refractivity contribution in [3.05, 3.63) is 87.6 Å². The van der Waals surface area contributed by atoms with Crippen molar-refractivity contribution in [1.29, 1.82) is 0 Å². The molecule has 0 radical (unpaired) electrons. The molecule has 3 rings (SSSR count). The SMILES string of the molecule is Cc1ccc([C@H](CCN[C@@H](C)c2cccs2)c2ccc(OC(C)C)cc2)cc1. The van der Waals surface area contributed by atoms with Gasteiger partial charge in [-0.3, -0.25) is 0 Å². The first kappa shape index (κ1) is 20.6. The summed E-state index contributed by atoms with van der Waals surface area (Å²) in [4.78, 5) is 1.39. The topological polar surface area (TPSA) is 21.3 Å². The molecule has 2 aromatic carbocycles. The van der Waals surface area contributed by atoms with Crippen molar-refractivity contribution in [1.82, 2.24) is 5.32 Å². The Morgan fingerprint density at radius 1 is 0.893 bits per heavy atom. The maximum absolute atomic E-state index is 5.81. The summed E-state index contributed by atoms with van der Waals surface area (Å²) in [6, 6.07) is 22.3. The zero-order valence-corrected chi connectivity index (χ0v) is 18.1. The van der Waals surface area contributed by atoms with Gasteiger partial charge in [0, 0.05) is 16.8 Å². The molecule has 28 heavy (non-hydrogen) atoms. The average Bonchev–Trinajstić information content (AvgIpc) is 3.21. The van der Waals surface area contributed by atoms with Gasteiger partial charge in [-0.15, -0.1) is 11.3 Å². The van der Waals surface area contributed by atoms with E-state index in [0.29, 0.717) is 12.0 Å². The Kier molecular flexibility index (Phi) is 7.30. The Morgan fingerprint density at radius 3 is 2.11 bits per heavy atom. The molecule has 3 heteroatoms. The highest BCUT2D eigenvalue weighted by molar-refractivity contribution is 7.10. The number of thiophene rings is 1. The van der Waals surface area contributed by atoms with E-state index in [-0.39, 0.29) is 6.10 Å². The second-order valence-electron chi connectivity index (χ2n) is 7.68. The van der Waals surface area contributed by atoms with Gasteiger partial charge >= 0.3 is 0 Å². The van der Waals surface area contributed by atoms with Crippen LogP contribution in [-0.4, -0.2) is 12.6 Å². The lowest BCUT2D eigenvalue weighted by molar-refractivity contribution is 0.242. The van der Waals surface area contributed by atoms with Crippen molar-refractivity contribution in [3.63, 3.8) is 0 Å². The number of aryl methyl sites for hydroxylation is 1. The summed E-state index contributed by atoms with van der Waals surface area (Å²) in [5.41, 5.74) is 4.01. The van der Waals surface area contributed by atoms with Gasteiger partial charge in [-0.1, -0.05) is 48.0 Å². The molecule has 3 aromatic rings. The molecule has 0 fully saturated rings. The van der Waals surface area contributed by atoms with E-state index in [2.05, 4.69) is 99.1 Å². The summed E-state index contributed by atoms with van der Waals surface area (Å²) in [6.45, 7) is 9.47. The van der Waals surface area contributed by atoms with Crippen LogP contribution in [0.15, 0.2) is 66.0 Å². The minimum absolute atomic E-state index is 0.196. The van der Waals surface area contributed by atoms with Crippen molar-refractivity contribution < 1.29 is 4.74 Å². The van der Waals surface area contributed by atoms with Crippen LogP contribution >= 0.6 is 11.3 Å². The van der Waals surface area contributed by atoms with Gasteiger partial charge < -0.3 is 10.1 Å². The van der Waals surface area contributed by atoms with E-state index in [9.17, 15) is 0 Å². The summed E-state index contributed by atoms with van der Waals surface area (Å²) in [5.74, 6) is 1.31. The van der Waals surface area contributed by atoms with Gasteiger partial charge in [0.25, 0.3) is 0 Å². The van der Waals surface area contributed by atoms with Crippen LogP contribution in [0.3, 0.4) is 0 Å². The number of benzene rings is 2. The normalized spacial score (nSPS) is 13.5. The largest absolute Gasteiger partial charge is 0.491 e. The molecule has 0 bridgehead atoms. The summed E-state index contributed by atoms with van der Waals surface area (Å²) in [5, 5.41) is 5.83. The fourth-order valence-electron chi connectivity index (χ4n) is 3.46. The first-order valence-electron chi connectivity index (χ1n) is 10.1. The van der Waals surface area contributed by atoms with E-state index >= 15 is 0 Å². The Labute approximate surface area is 173 Å². The predicted octanol–water partition coefficient (Wildman–Crippen LogP) is 6.72. The lowest BCUT2D eigenvalue weighted by Gasteiger charge is -2.21. The highest BCUT2D eigenvalue weighted by Crippen LogP contribution is 2.30. The zero-order chi connectivity index (χ0) is 19.9. The molecule has 0 aliphatic heterocycles. The summed E-state index contributed by atoms with van der Waals surface area (Å²) < 4.78 is 5.81. The van der Waals surface area contributed by atoms with E-state index in [1.54, 1.807) is 0 Å². The molecule has 0 spiro atoms. The number of hydrogen-bond donors (Lipinski definition) is 1. The van der Waals surface area contributed by atoms with Crippen molar-refractivity contribution >= 4 is 11.3 Å². The van der Waals surface area contributed by atoms with Crippen LogP contribution in [0.2, 0.25) is 0 Å². The third-order valence-corrected chi connectivity index (χ3v) is 6.04. The van der Waals surface area contributed by atoms with Crippen molar-refractivity contribution in [3.8, 4) is 5.75 Å². The zero-order valence-electron chi connectivity index (χ0n) is 17.3. The monoisotopic (exact) mass is 393 g/mol. The number of hydrogen-bond acceptors (Lipinski definition) is 3. The van der Waals surface area contributed by atoms with Gasteiger partial charge in [-0.2, -0.15) is 0 Å². The number of rotatable bonds is 9. The molecule has 2 nitrogen and oxygen atoms in total. The lowest BCUT2D eigenvalue weighted by Crippen LogP contribution is -2.21. The maximum atomic E-state index is 5.81. The molecule has 1 N–H and O–H groups in total. The Morgan fingerprint density at radius 2 is 1.54 bits per heavy atom. The molecule has 0 unspecified atom stereocenters. The van der Waals surface area contributed by atoms with Gasteiger partial charge in [0.15, 0.2) is 0 Å². The second kappa shape index (κ2) is 9.90. The summed E-state index contributed by atoms with van der Waals surface area (Å²) in [7, 11) is 0. The Hall–Kier alpha value is -2.10. The van der Waals surface area contributed by atoms with Crippen LogP contribution in [0.25, 0.3) is 0 Å². The molecule has 1 aromatic heterocycles. The Bertz CT molecular complexity index is 822. The molecule has 0 saturated carbocycles. The molecule has 2 atom stereocenters. The minimum Gasteiger partial charge on any atom is -0.491 e. The Balaban J connectivity index is 1.72. The third-order valence-electron chi connectivity index (χ3n) is 4.99. The standard InChI is InChI=1S/C25H31NOS/c1-18(2)27-23-13-11-22(12-14-23)24(21-9-7-19(3)8-10-21)15-16-26-20(4)25-6-5-17-28-25/h5-14,17-18,20,24,26H,15-16H2,1-4H3/t20-,24-/m0/s1. The van der Waals surface area contributed by atoms with Crippen molar-refractivity contribution in [2.75, 3.05) is 6.54 Å². The van der Waals surface area contributed by atoms with Gasteiger partial charge in [-0.05, 0) is 75.4 Å². The van der Waals surface area contributed by atoms with Gasteiger partial charge in [0.2, 0.25) is 0 Å². The van der Waals surface area contributed by atoms with Gasteiger partial charge in [-0.25, -0.2) is 0 Å². The van der Waals surface area contributed by atoms with Gasteiger partial charge in [0.1, 0.15) is 5.75 Å². The highest BCUT2D eigenvalue weighted by Gasteiger charge is 2.15. The van der Waals surface area contributed by atoms with Crippen molar-refractivity contribution in [2.45, 2.75) is 52.2 Å². The molecular formula is C25H31NOS. The molecule has 148 valence electrons. The summed E-state index contributed by atoms with van der Waals surface area (Å²) >= 11 is 1.81. The lowest BCUT2D eigenvalue weighted by atomic mass is 9.88. The number of ether oxygens (including phenoxy) is 1. The maximum Gasteiger partial charge on any atom is 0.119 e. The fourth-order valence-corrected chi connectivity index (χ4v) is 4.22. The van der Waals surface area contributed by atoms with E-state index in [0.717, 1.165) is 18.7 Å². The highest BCUT2D eigenvalue weighted by atomic mass is 32.1. The van der Waals surface area contributed by atoms with Crippen LogP contribution < -0.4 is 10.1 Å².